The summed E-state index contributed by atoms with van der Waals surface area (Å²) in [5.41, 5.74) is 3.58. The average Bonchev–Trinajstić information content (AvgIpc) is 3.61. The first kappa shape index (κ1) is 23.2. The molecule has 3 aliphatic rings. The van der Waals surface area contributed by atoms with E-state index in [1.54, 1.807) is 6.33 Å². The van der Waals surface area contributed by atoms with E-state index in [9.17, 15) is 5.26 Å². The van der Waals surface area contributed by atoms with E-state index in [4.69, 9.17) is 14.6 Å². The lowest BCUT2D eigenvalue weighted by atomic mass is 9.83. The number of nitriles is 1. The van der Waals surface area contributed by atoms with E-state index < -0.39 is 0 Å². The van der Waals surface area contributed by atoms with Crippen molar-refractivity contribution < 1.29 is 9.47 Å². The second-order valence-corrected chi connectivity index (χ2v) is 10.6. The summed E-state index contributed by atoms with van der Waals surface area (Å²) in [6.07, 6.45) is 10.0. The molecule has 4 aromatic rings. The largest absolute Gasteiger partial charge is 0.486 e. The lowest BCUT2D eigenvalue weighted by Crippen LogP contribution is -2.66. The van der Waals surface area contributed by atoms with Crippen LogP contribution in [0.5, 0.6) is 11.5 Å². The number of fused-ring (bicyclic) bond motifs is 2. The zero-order valence-electron chi connectivity index (χ0n) is 21.2. The predicted molar refractivity (Wildman–Crippen MR) is 141 cm³/mol. The molecule has 6 heterocycles. The number of nitrogens with one attached hydrogen (secondary N) is 1. The Morgan fingerprint density at radius 1 is 1.08 bits per heavy atom. The topological polar surface area (TPSA) is 108 Å². The van der Waals surface area contributed by atoms with E-state index in [-0.39, 0.29) is 5.54 Å². The van der Waals surface area contributed by atoms with Crippen molar-refractivity contribution in [2.45, 2.75) is 37.4 Å². The molecule has 0 radical (unpaired) electrons. The maximum atomic E-state index is 9.65. The summed E-state index contributed by atoms with van der Waals surface area (Å²) in [4.78, 5) is 17.0. The summed E-state index contributed by atoms with van der Waals surface area (Å²) >= 11 is 0. The van der Waals surface area contributed by atoms with Crippen LogP contribution in [0.1, 0.15) is 24.8 Å². The van der Waals surface area contributed by atoms with Gasteiger partial charge in [-0.3, -0.25) is 14.5 Å². The molecule has 0 atom stereocenters. The highest BCUT2D eigenvalue weighted by molar-refractivity contribution is 5.90. The molecule has 1 aromatic carbocycles. The summed E-state index contributed by atoms with van der Waals surface area (Å²) in [5.74, 6) is 1.70. The average molecular weight is 511 g/mol. The number of likely N-dealkylation sites (tertiary alicyclic amines) is 2. The fourth-order valence-electron chi connectivity index (χ4n) is 6.15. The Bertz CT molecular complexity index is 1490. The zero-order chi connectivity index (χ0) is 25.5. The molecule has 7 rings (SSSR count). The van der Waals surface area contributed by atoms with Gasteiger partial charge >= 0.3 is 0 Å². The highest BCUT2D eigenvalue weighted by Crippen LogP contribution is 2.37. The Hall–Kier alpha value is -3.94. The van der Waals surface area contributed by atoms with Crippen LogP contribution in [0.2, 0.25) is 0 Å². The maximum absolute atomic E-state index is 9.65. The minimum absolute atomic E-state index is 0.292. The number of hydrogen-bond acceptors (Lipinski definition) is 8. The van der Waals surface area contributed by atoms with E-state index in [0.29, 0.717) is 25.7 Å². The third-order valence-electron chi connectivity index (χ3n) is 8.19. The van der Waals surface area contributed by atoms with Crippen molar-refractivity contribution in [3.63, 3.8) is 0 Å². The van der Waals surface area contributed by atoms with Crippen LogP contribution in [0.25, 0.3) is 22.3 Å². The number of rotatable bonds is 6. The number of aromatic amines is 1. The van der Waals surface area contributed by atoms with E-state index in [1.807, 2.05) is 35.4 Å². The molecule has 194 valence electrons. The Kier molecular flexibility index (Phi) is 5.75. The third-order valence-corrected chi connectivity index (χ3v) is 8.19. The van der Waals surface area contributed by atoms with Gasteiger partial charge in [-0.1, -0.05) is 6.07 Å². The lowest BCUT2D eigenvalue weighted by Gasteiger charge is -2.53. The molecule has 38 heavy (non-hydrogen) atoms. The summed E-state index contributed by atoms with van der Waals surface area (Å²) in [6, 6.07) is 11.2. The first-order valence-electron chi connectivity index (χ1n) is 13.3. The van der Waals surface area contributed by atoms with Crippen molar-refractivity contribution in [1.29, 1.82) is 5.26 Å². The van der Waals surface area contributed by atoms with E-state index in [2.05, 4.69) is 43.0 Å². The van der Waals surface area contributed by atoms with Gasteiger partial charge in [-0.25, -0.2) is 9.97 Å². The van der Waals surface area contributed by atoms with Crippen molar-refractivity contribution in [2.24, 2.45) is 0 Å². The van der Waals surface area contributed by atoms with E-state index in [1.165, 1.54) is 5.56 Å². The molecule has 1 N–H and O–H groups in total. The van der Waals surface area contributed by atoms with Gasteiger partial charge in [-0.2, -0.15) is 10.4 Å². The molecule has 2 saturated heterocycles. The Morgan fingerprint density at radius 3 is 2.76 bits per heavy atom. The molecule has 0 unspecified atom stereocenters. The number of aromatic nitrogens is 5. The SMILES string of the molecule is N#CCC1(n2cc(-c3ncnc4[nH]ccc34)cn2)CN(C2CCN(Cc3ccc4c(c3)OCCO4)CC2)C1. The van der Waals surface area contributed by atoms with Crippen LogP contribution in [-0.2, 0) is 12.1 Å². The smallest absolute Gasteiger partial charge is 0.161 e. The minimum atomic E-state index is -0.292. The first-order valence-corrected chi connectivity index (χ1v) is 13.3. The minimum Gasteiger partial charge on any atom is -0.486 e. The number of hydrogen-bond donors (Lipinski definition) is 1. The third kappa shape index (κ3) is 4.08. The summed E-state index contributed by atoms with van der Waals surface area (Å²) in [5, 5.41) is 15.3. The normalized spacial score (nSPS) is 19.8. The first-order chi connectivity index (χ1) is 18.7. The number of H-pyrrole nitrogens is 1. The highest BCUT2D eigenvalue weighted by Gasteiger charge is 2.48. The van der Waals surface area contributed by atoms with Gasteiger partial charge in [0, 0.05) is 49.0 Å². The molecule has 0 amide bonds. The van der Waals surface area contributed by atoms with Crippen molar-refractivity contribution in [1.82, 2.24) is 34.5 Å². The Labute approximate surface area is 220 Å². The van der Waals surface area contributed by atoms with Crippen molar-refractivity contribution >= 4 is 11.0 Å². The molecule has 0 aliphatic carbocycles. The van der Waals surface area contributed by atoms with Crippen LogP contribution in [0.4, 0.5) is 0 Å². The molecule has 0 spiro atoms. The quantitative estimate of drug-likeness (QED) is 0.421. The molecule has 3 aromatic heterocycles. The summed E-state index contributed by atoms with van der Waals surface area (Å²) in [7, 11) is 0. The Morgan fingerprint density at radius 2 is 1.92 bits per heavy atom. The molecule has 10 heteroatoms. The van der Waals surface area contributed by atoms with Crippen molar-refractivity contribution in [2.75, 3.05) is 39.4 Å². The molecule has 3 aliphatic heterocycles. The summed E-state index contributed by atoms with van der Waals surface area (Å²) < 4.78 is 13.4. The zero-order valence-corrected chi connectivity index (χ0v) is 21.2. The van der Waals surface area contributed by atoms with Gasteiger partial charge in [0.15, 0.2) is 11.5 Å². The van der Waals surface area contributed by atoms with Crippen molar-refractivity contribution in [3.8, 4) is 28.8 Å². The molecule has 10 nitrogen and oxygen atoms in total. The van der Waals surface area contributed by atoms with Gasteiger partial charge < -0.3 is 14.5 Å². The van der Waals surface area contributed by atoms with Crippen LogP contribution in [0, 0.1) is 11.3 Å². The van der Waals surface area contributed by atoms with E-state index >= 15 is 0 Å². The van der Waals surface area contributed by atoms with Crippen LogP contribution in [-0.4, -0.2) is 80.0 Å². The van der Waals surface area contributed by atoms with Gasteiger partial charge in [0.2, 0.25) is 0 Å². The van der Waals surface area contributed by atoms with Gasteiger partial charge in [0.1, 0.15) is 30.7 Å². The lowest BCUT2D eigenvalue weighted by molar-refractivity contribution is -0.0436. The van der Waals surface area contributed by atoms with Gasteiger partial charge in [0.05, 0.1) is 24.4 Å². The number of benzene rings is 1. The fourth-order valence-corrected chi connectivity index (χ4v) is 6.15. The van der Waals surface area contributed by atoms with Crippen LogP contribution >= 0.6 is 0 Å². The predicted octanol–water partition coefficient (Wildman–Crippen LogP) is 3.18. The fraction of sp³-hybridized carbons (Fsp3) is 0.429. The Balaban J connectivity index is 0.989. The van der Waals surface area contributed by atoms with Crippen LogP contribution < -0.4 is 9.47 Å². The standard InChI is InChI=1S/C28H30N8O2/c29-7-6-28(36-16-21(14-33-36)26-23-3-8-30-27(23)32-19-31-26)17-35(18-28)22-4-9-34(10-5-22)15-20-1-2-24-25(13-20)38-12-11-37-24/h1-3,8,13-14,16,19,22H,4-6,9-12,15,17-18H2,(H,30,31,32). The van der Waals surface area contributed by atoms with Crippen LogP contribution in [0.3, 0.4) is 0 Å². The highest BCUT2D eigenvalue weighted by atomic mass is 16.6. The molecule has 0 bridgehead atoms. The molecule has 2 fully saturated rings. The molecular weight excluding hydrogens is 480 g/mol. The second kappa shape index (κ2) is 9.42. The molecule has 0 saturated carbocycles. The van der Waals surface area contributed by atoms with E-state index in [0.717, 1.165) is 79.4 Å². The molecular formula is C28H30N8O2. The summed E-state index contributed by atoms with van der Waals surface area (Å²) in [6.45, 7) is 5.97. The van der Waals surface area contributed by atoms with Crippen LogP contribution in [0.15, 0.2) is 49.2 Å². The monoisotopic (exact) mass is 510 g/mol. The van der Waals surface area contributed by atoms with Crippen molar-refractivity contribution in [3.05, 3.63) is 54.7 Å². The maximum Gasteiger partial charge on any atom is 0.161 e. The second-order valence-electron chi connectivity index (χ2n) is 10.6. The van der Waals surface area contributed by atoms with Gasteiger partial charge in [0.25, 0.3) is 0 Å². The number of piperidine rings is 1. The van der Waals surface area contributed by atoms with Gasteiger partial charge in [-0.15, -0.1) is 0 Å². The van der Waals surface area contributed by atoms with Gasteiger partial charge in [-0.05, 0) is 49.7 Å². The number of ether oxygens (including phenoxy) is 2. The number of nitrogens with zero attached hydrogens (tertiary/aromatic N) is 7.